The molecule has 1 atom stereocenters. The number of nitrogens with one attached hydrogen (secondary N) is 1. The van der Waals surface area contributed by atoms with Crippen LogP contribution in [0.15, 0.2) is 22.7 Å². The summed E-state index contributed by atoms with van der Waals surface area (Å²) in [4.78, 5) is 6.11. The highest BCUT2D eigenvalue weighted by atomic mass is 32.2. The van der Waals surface area contributed by atoms with E-state index in [0.717, 1.165) is 4.31 Å². The van der Waals surface area contributed by atoms with Gasteiger partial charge < -0.3 is 15.9 Å². The van der Waals surface area contributed by atoms with E-state index in [1.807, 2.05) is 0 Å². The number of aromatic nitrogens is 2. The van der Waals surface area contributed by atoms with Crippen molar-refractivity contribution in [2.75, 3.05) is 7.05 Å². The van der Waals surface area contributed by atoms with Gasteiger partial charge in [0.1, 0.15) is 0 Å². The van der Waals surface area contributed by atoms with E-state index in [9.17, 15) is 8.42 Å². The smallest absolute Gasteiger partial charge is 0.260 e. The van der Waals surface area contributed by atoms with Gasteiger partial charge in [-0.05, 0) is 6.92 Å². The standard InChI is InChI=1S/C7H13N5O3S/c1-5(7(8)11-13)12(2)16(14,15)6-3-9-4-10-6/h3-5,13H,1-2H3,(H2,8,11)(H,9,10). The summed E-state index contributed by atoms with van der Waals surface area (Å²) in [6, 6.07) is -0.752. The lowest BCUT2D eigenvalue weighted by molar-refractivity contribution is 0.311. The Bertz CT molecular complexity index is 466. The van der Waals surface area contributed by atoms with E-state index in [0.29, 0.717) is 0 Å². The molecule has 0 saturated carbocycles. The fraction of sp³-hybridized carbons (Fsp3) is 0.429. The second-order valence-electron chi connectivity index (χ2n) is 3.14. The number of sulfonamides is 1. The number of aromatic amines is 1. The lowest BCUT2D eigenvalue weighted by Gasteiger charge is -2.21. The maximum absolute atomic E-state index is 11.9. The molecule has 9 heteroatoms. The van der Waals surface area contributed by atoms with E-state index >= 15 is 0 Å². The fourth-order valence-electron chi connectivity index (χ4n) is 1.02. The zero-order chi connectivity index (χ0) is 12.3. The van der Waals surface area contributed by atoms with Gasteiger partial charge in [0.2, 0.25) is 0 Å². The predicted octanol–water partition coefficient (Wildman–Crippen LogP) is -0.835. The molecule has 1 unspecified atom stereocenters. The van der Waals surface area contributed by atoms with Gasteiger partial charge in [0.25, 0.3) is 10.0 Å². The maximum Gasteiger partial charge on any atom is 0.260 e. The largest absolute Gasteiger partial charge is 0.409 e. The summed E-state index contributed by atoms with van der Waals surface area (Å²) in [7, 11) is -2.37. The lowest BCUT2D eigenvalue weighted by atomic mass is 10.3. The third kappa shape index (κ3) is 2.14. The average molecular weight is 247 g/mol. The van der Waals surface area contributed by atoms with E-state index < -0.39 is 16.1 Å². The highest BCUT2D eigenvalue weighted by Crippen LogP contribution is 2.13. The SMILES string of the molecule is CC(C(N)=NO)N(C)S(=O)(=O)c1cnc[nH]1. The van der Waals surface area contributed by atoms with Gasteiger partial charge in [0, 0.05) is 7.05 Å². The van der Waals surface area contributed by atoms with Crippen molar-refractivity contribution in [1.82, 2.24) is 14.3 Å². The lowest BCUT2D eigenvalue weighted by Crippen LogP contribution is -2.43. The van der Waals surface area contributed by atoms with Gasteiger partial charge in [-0.25, -0.2) is 13.4 Å². The first-order valence-corrected chi connectivity index (χ1v) is 5.79. The Morgan fingerprint density at radius 3 is 2.81 bits per heavy atom. The first-order chi connectivity index (χ1) is 7.41. The van der Waals surface area contributed by atoms with Crippen molar-refractivity contribution in [3.8, 4) is 0 Å². The number of hydrogen-bond donors (Lipinski definition) is 3. The molecule has 1 aromatic heterocycles. The molecular formula is C7H13N5O3S. The molecule has 0 bridgehead atoms. The highest BCUT2D eigenvalue weighted by molar-refractivity contribution is 7.89. The molecular weight excluding hydrogens is 234 g/mol. The molecule has 8 nitrogen and oxygen atoms in total. The number of nitrogens with two attached hydrogens (primary N) is 1. The number of hydrogen-bond acceptors (Lipinski definition) is 5. The van der Waals surface area contributed by atoms with Crippen molar-refractivity contribution in [3.05, 3.63) is 12.5 Å². The second kappa shape index (κ2) is 4.49. The van der Waals surface area contributed by atoms with Crippen LogP contribution in [0.4, 0.5) is 0 Å². The molecule has 4 N–H and O–H groups in total. The fourth-order valence-corrected chi connectivity index (χ4v) is 2.25. The molecule has 0 aliphatic carbocycles. The third-order valence-corrected chi connectivity index (χ3v) is 4.07. The zero-order valence-corrected chi connectivity index (χ0v) is 9.64. The van der Waals surface area contributed by atoms with Crippen molar-refractivity contribution < 1.29 is 13.6 Å². The Balaban J connectivity index is 3.03. The minimum absolute atomic E-state index is 0.0485. The van der Waals surface area contributed by atoms with E-state index in [1.54, 1.807) is 0 Å². The normalized spacial score (nSPS) is 15.3. The Hall–Kier alpha value is -1.61. The number of amidine groups is 1. The molecule has 0 saturated heterocycles. The van der Waals surface area contributed by atoms with Gasteiger partial charge >= 0.3 is 0 Å². The number of likely N-dealkylation sites (N-methyl/N-ethyl adjacent to an activating group) is 1. The van der Waals surface area contributed by atoms with Crippen LogP contribution in [0.1, 0.15) is 6.92 Å². The number of H-pyrrole nitrogens is 1. The van der Waals surface area contributed by atoms with Crippen molar-refractivity contribution in [1.29, 1.82) is 0 Å². The molecule has 0 radical (unpaired) electrons. The Morgan fingerprint density at radius 2 is 2.38 bits per heavy atom. The van der Waals surface area contributed by atoms with Gasteiger partial charge in [-0.2, -0.15) is 4.31 Å². The predicted molar refractivity (Wildman–Crippen MR) is 56.4 cm³/mol. The average Bonchev–Trinajstić information content (AvgIpc) is 2.79. The minimum atomic E-state index is -3.71. The van der Waals surface area contributed by atoms with Crippen LogP contribution in [-0.4, -0.2) is 46.8 Å². The second-order valence-corrected chi connectivity index (χ2v) is 5.10. The topological polar surface area (TPSA) is 125 Å². The maximum atomic E-state index is 11.9. The molecule has 0 aliphatic rings. The summed E-state index contributed by atoms with van der Waals surface area (Å²) in [5.41, 5.74) is 5.34. The Labute approximate surface area is 92.8 Å². The van der Waals surface area contributed by atoms with Crippen molar-refractivity contribution in [2.45, 2.75) is 18.0 Å². The van der Waals surface area contributed by atoms with Crippen LogP contribution in [0.5, 0.6) is 0 Å². The van der Waals surface area contributed by atoms with Gasteiger partial charge in [0.15, 0.2) is 10.9 Å². The molecule has 1 rings (SSSR count). The summed E-state index contributed by atoms with van der Waals surface area (Å²) in [6.45, 7) is 1.50. The molecule has 0 spiro atoms. The summed E-state index contributed by atoms with van der Waals surface area (Å²) in [5.74, 6) is -0.189. The number of nitrogens with zero attached hydrogens (tertiary/aromatic N) is 3. The molecule has 90 valence electrons. The van der Waals surface area contributed by atoms with Crippen LogP contribution < -0.4 is 5.73 Å². The van der Waals surface area contributed by atoms with Gasteiger partial charge in [-0.15, -0.1) is 0 Å². The van der Waals surface area contributed by atoms with Crippen LogP contribution in [0.25, 0.3) is 0 Å². The van der Waals surface area contributed by atoms with Crippen LogP contribution in [0.2, 0.25) is 0 Å². The van der Waals surface area contributed by atoms with Gasteiger partial charge in [-0.3, -0.25) is 0 Å². The molecule has 1 heterocycles. The third-order valence-electron chi connectivity index (χ3n) is 2.22. The molecule has 1 aromatic rings. The highest BCUT2D eigenvalue weighted by Gasteiger charge is 2.28. The van der Waals surface area contributed by atoms with Crippen LogP contribution in [0, 0.1) is 0 Å². The summed E-state index contributed by atoms with van der Waals surface area (Å²) in [5, 5.41) is 11.2. The van der Waals surface area contributed by atoms with Crippen LogP contribution in [-0.2, 0) is 10.0 Å². The quantitative estimate of drug-likeness (QED) is 0.277. The van der Waals surface area contributed by atoms with Crippen molar-refractivity contribution >= 4 is 15.9 Å². The first-order valence-electron chi connectivity index (χ1n) is 4.35. The molecule has 0 amide bonds. The monoisotopic (exact) mass is 247 g/mol. The molecule has 0 fully saturated rings. The van der Waals surface area contributed by atoms with Crippen LogP contribution >= 0.6 is 0 Å². The number of oxime groups is 1. The first kappa shape index (κ1) is 12.5. The number of rotatable bonds is 4. The number of imidazole rings is 1. The molecule has 16 heavy (non-hydrogen) atoms. The summed E-state index contributed by atoms with van der Waals surface area (Å²) < 4.78 is 24.8. The van der Waals surface area contributed by atoms with E-state index in [1.165, 1.54) is 26.5 Å². The zero-order valence-electron chi connectivity index (χ0n) is 8.82. The molecule has 0 aliphatic heterocycles. The van der Waals surface area contributed by atoms with Gasteiger partial charge in [-0.1, -0.05) is 5.16 Å². The van der Waals surface area contributed by atoms with E-state index in [2.05, 4.69) is 15.1 Å². The van der Waals surface area contributed by atoms with E-state index in [4.69, 9.17) is 10.9 Å². The molecule has 0 aromatic carbocycles. The Kier molecular flexibility index (Phi) is 3.50. The van der Waals surface area contributed by atoms with Gasteiger partial charge in [0.05, 0.1) is 18.6 Å². The summed E-state index contributed by atoms with van der Waals surface area (Å²) >= 11 is 0. The summed E-state index contributed by atoms with van der Waals surface area (Å²) in [6.07, 6.45) is 2.44. The van der Waals surface area contributed by atoms with Crippen molar-refractivity contribution in [2.24, 2.45) is 10.9 Å². The van der Waals surface area contributed by atoms with Crippen molar-refractivity contribution in [3.63, 3.8) is 0 Å². The van der Waals surface area contributed by atoms with Crippen LogP contribution in [0.3, 0.4) is 0 Å². The minimum Gasteiger partial charge on any atom is -0.409 e. The Morgan fingerprint density at radius 1 is 1.75 bits per heavy atom. The van der Waals surface area contributed by atoms with E-state index in [-0.39, 0.29) is 10.9 Å².